The van der Waals surface area contributed by atoms with E-state index in [1.165, 1.54) is 44.1 Å². The number of nitrogens with zero attached hydrogens (tertiary/aromatic N) is 2. The van der Waals surface area contributed by atoms with Crippen LogP contribution in [-0.2, 0) is 22.1 Å². The van der Waals surface area contributed by atoms with E-state index in [1.54, 1.807) is 6.08 Å². The van der Waals surface area contributed by atoms with Gasteiger partial charge in [0.2, 0.25) is 0 Å². The molecular weight excluding hydrogens is 450 g/mol. The molecule has 4 saturated carbocycles. The number of hydrogen-bond acceptors (Lipinski definition) is 3. The fourth-order valence-electron chi connectivity index (χ4n) is 7.96. The first-order chi connectivity index (χ1) is 17.4. The van der Waals surface area contributed by atoms with Gasteiger partial charge in [-0.15, -0.1) is 0 Å². The molecule has 5 aliphatic rings. The minimum absolute atomic E-state index is 0.0453. The Balaban J connectivity index is 1.21. The maximum absolute atomic E-state index is 13.5. The van der Waals surface area contributed by atoms with E-state index in [0.717, 1.165) is 39.1 Å². The summed E-state index contributed by atoms with van der Waals surface area (Å²) in [6, 6.07) is 15.1. The van der Waals surface area contributed by atoms with Gasteiger partial charge in [-0.05, 0) is 91.5 Å². The number of fused-ring (bicyclic) bond motifs is 1. The number of anilines is 1. The molecule has 3 aromatic rings. The second kappa shape index (κ2) is 7.66. The summed E-state index contributed by atoms with van der Waals surface area (Å²) in [4.78, 5) is 40.0. The Morgan fingerprint density at radius 1 is 0.889 bits per heavy atom. The van der Waals surface area contributed by atoms with Crippen LogP contribution < -0.4 is 10.2 Å². The van der Waals surface area contributed by atoms with E-state index in [2.05, 4.69) is 17.4 Å². The van der Waals surface area contributed by atoms with Crippen molar-refractivity contribution >= 4 is 40.5 Å². The summed E-state index contributed by atoms with van der Waals surface area (Å²) < 4.78 is 1.96. The number of carbonyl (C=O) groups excluding carboxylic acids is 3. The van der Waals surface area contributed by atoms with Crippen LogP contribution in [0.25, 0.3) is 17.0 Å². The third-order valence-electron chi connectivity index (χ3n) is 9.11. The van der Waals surface area contributed by atoms with Gasteiger partial charge in [0.15, 0.2) is 0 Å². The van der Waals surface area contributed by atoms with Crippen LogP contribution in [-0.4, -0.2) is 22.4 Å². The van der Waals surface area contributed by atoms with E-state index >= 15 is 0 Å². The number of benzene rings is 2. The third kappa shape index (κ3) is 3.20. The summed E-state index contributed by atoms with van der Waals surface area (Å²) in [5.74, 6) is 1.27. The molecule has 0 atom stereocenters. The van der Waals surface area contributed by atoms with Gasteiger partial charge in [-0.2, -0.15) is 0 Å². The molecule has 5 fully saturated rings. The maximum Gasteiger partial charge on any atom is 0.335 e. The number of urea groups is 1. The molecule has 36 heavy (non-hydrogen) atoms. The standard InChI is InChI=1S/C30H29N3O3/c1-32-17-21(24-4-2-3-5-26(24)32)13-25-27(34)31-29(36)33(28(25)35)23-8-6-22(7-9-23)30-14-18-10-19(15-30)12-20(11-18)16-30/h2-9,13,17-20H,10-12,14-16H2,1H3,(H,31,34,36)/b25-13+. The summed E-state index contributed by atoms with van der Waals surface area (Å²) in [5, 5.41) is 3.30. The maximum atomic E-state index is 13.5. The molecule has 6 nitrogen and oxygen atoms in total. The first kappa shape index (κ1) is 21.6. The zero-order valence-electron chi connectivity index (χ0n) is 20.4. The number of para-hydroxylation sites is 1. The lowest BCUT2D eigenvalue weighted by Gasteiger charge is -2.57. The minimum atomic E-state index is -0.706. The molecule has 2 heterocycles. The minimum Gasteiger partial charge on any atom is -0.350 e. The van der Waals surface area contributed by atoms with Crippen molar-refractivity contribution in [1.29, 1.82) is 0 Å². The zero-order chi connectivity index (χ0) is 24.6. The van der Waals surface area contributed by atoms with Crippen LogP contribution in [0.3, 0.4) is 0 Å². The molecule has 6 heteroatoms. The third-order valence-corrected chi connectivity index (χ3v) is 9.11. The molecule has 0 unspecified atom stereocenters. The van der Waals surface area contributed by atoms with Crippen molar-refractivity contribution in [2.75, 3.05) is 4.90 Å². The molecule has 8 rings (SSSR count). The number of nitrogens with one attached hydrogen (secondary N) is 1. The molecule has 0 radical (unpaired) electrons. The van der Waals surface area contributed by atoms with Gasteiger partial charge < -0.3 is 4.57 Å². The molecule has 1 aliphatic heterocycles. The number of aryl methyl sites for hydroxylation is 1. The van der Waals surface area contributed by atoms with Gasteiger partial charge in [-0.3, -0.25) is 14.9 Å². The molecule has 4 bridgehead atoms. The fourth-order valence-corrected chi connectivity index (χ4v) is 7.96. The molecule has 182 valence electrons. The highest BCUT2D eigenvalue weighted by Crippen LogP contribution is 2.60. The topological polar surface area (TPSA) is 71.4 Å². The molecule has 0 spiro atoms. The Kier molecular flexibility index (Phi) is 4.60. The van der Waals surface area contributed by atoms with E-state index in [0.29, 0.717) is 5.69 Å². The van der Waals surface area contributed by atoms with Gasteiger partial charge in [0.05, 0.1) is 5.69 Å². The van der Waals surface area contributed by atoms with Gasteiger partial charge in [0.25, 0.3) is 11.8 Å². The second-order valence-electron chi connectivity index (χ2n) is 11.4. The average molecular weight is 480 g/mol. The Morgan fingerprint density at radius 2 is 1.53 bits per heavy atom. The van der Waals surface area contributed by atoms with Gasteiger partial charge in [0.1, 0.15) is 5.57 Å². The van der Waals surface area contributed by atoms with Gasteiger partial charge in [0, 0.05) is 29.7 Å². The van der Waals surface area contributed by atoms with Crippen molar-refractivity contribution in [2.24, 2.45) is 24.8 Å². The number of rotatable bonds is 3. The Bertz CT molecular complexity index is 1430. The highest BCUT2D eigenvalue weighted by atomic mass is 16.2. The van der Waals surface area contributed by atoms with Gasteiger partial charge in [-0.25, -0.2) is 9.69 Å². The Labute approximate surface area is 210 Å². The summed E-state index contributed by atoms with van der Waals surface area (Å²) in [6.07, 6.45) is 11.4. The lowest BCUT2D eigenvalue weighted by atomic mass is 9.48. The Hall–Kier alpha value is -3.67. The van der Waals surface area contributed by atoms with E-state index in [-0.39, 0.29) is 11.0 Å². The normalized spacial score (nSPS) is 30.5. The van der Waals surface area contributed by atoms with Crippen LogP contribution in [0.4, 0.5) is 10.5 Å². The predicted molar refractivity (Wildman–Crippen MR) is 138 cm³/mol. The van der Waals surface area contributed by atoms with Crippen LogP contribution in [0.5, 0.6) is 0 Å². The van der Waals surface area contributed by atoms with E-state index in [9.17, 15) is 14.4 Å². The molecule has 1 aromatic heterocycles. The molecule has 4 amide bonds. The van der Waals surface area contributed by atoms with Crippen molar-refractivity contribution in [3.8, 4) is 0 Å². The van der Waals surface area contributed by atoms with Gasteiger partial charge >= 0.3 is 6.03 Å². The highest BCUT2D eigenvalue weighted by Gasteiger charge is 2.51. The average Bonchev–Trinajstić information content (AvgIpc) is 3.16. The molecule has 2 aromatic carbocycles. The molecule has 1 saturated heterocycles. The number of carbonyl (C=O) groups is 3. The van der Waals surface area contributed by atoms with Crippen molar-refractivity contribution < 1.29 is 14.4 Å². The summed E-state index contributed by atoms with van der Waals surface area (Å²) >= 11 is 0. The number of aromatic nitrogens is 1. The van der Waals surface area contributed by atoms with Crippen molar-refractivity contribution in [3.63, 3.8) is 0 Å². The van der Waals surface area contributed by atoms with E-state index < -0.39 is 17.8 Å². The predicted octanol–water partition coefficient (Wildman–Crippen LogP) is 5.31. The summed E-state index contributed by atoms with van der Waals surface area (Å²) in [5.41, 5.74) is 3.78. The quantitative estimate of drug-likeness (QED) is 0.409. The van der Waals surface area contributed by atoms with E-state index in [4.69, 9.17) is 0 Å². The number of amides is 4. The molecule has 1 N–H and O–H groups in total. The molecular formula is C30H29N3O3. The number of imide groups is 2. The van der Waals surface area contributed by atoms with Crippen LogP contribution in [0, 0.1) is 17.8 Å². The zero-order valence-corrected chi connectivity index (χ0v) is 20.4. The van der Waals surface area contributed by atoms with Crippen LogP contribution in [0.15, 0.2) is 60.3 Å². The lowest BCUT2D eigenvalue weighted by molar-refractivity contribution is -0.122. The van der Waals surface area contributed by atoms with Crippen molar-refractivity contribution in [2.45, 2.75) is 43.9 Å². The van der Waals surface area contributed by atoms with E-state index in [1.807, 2.05) is 54.2 Å². The first-order valence-electron chi connectivity index (χ1n) is 13.0. The monoisotopic (exact) mass is 479 g/mol. The SMILES string of the molecule is Cn1cc(/C=C2\C(=O)NC(=O)N(c3ccc(C45CC6CC(CC(C6)C4)C5)cc3)C2=O)c2ccccc21. The van der Waals surface area contributed by atoms with Crippen LogP contribution in [0.2, 0.25) is 0 Å². The summed E-state index contributed by atoms with van der Waals surface area (Å²) in [6.45, 7) is 0. The van der Waals surface area contributed by atoms with Crippen LogP contribution >= 0.6 is 0 Å². The van der Waals surface area contributed by atoms with Gasteiger partial charge in [-0.1, -0.05) is 30.3 Å². The smallest absolute Gasteiger partial charge is 0.335 e. The number of barbiturate groups is 1. The first-order valence-corrected chi connectivity index (χ1v) is 13.0. The highest BCUT2D eigenvalue weighted by molar-refractivity contribution is 6.39. The van der Waals surface area contributed by atoms with Crippen molar-refractivity contribution in [3.05, 3.63) is 71.4 Å². The van der Waals surface area contributed by atoms with Crippen molar-refractivity contribution in [1.82, 2.24) is 9.88 Å². The Morgan fingerprint density at radius 3 is 2.19 bits per heavy atom. The lowest BCUT2D eigenvalue weighted by Crippen LogP contribution is -2.54. The fraction of sp³-hybridized carbons (Fsp3) is 0.367. The van der Waals surface area contributed by atoms with Crippen LogP contribution in [0.1, 0.15) is 49.7 Å². The number of hydrogen-bond donors (Lipinski definition) is 1. The second-order valence-corrected chi connectivity index (χ2v) is 11.4. The largest absolute Gasteiger partial charge is 0.350 e. The molecule has 4 aliphatic carbocycles. The summed E-state index contributed by atoms with van der Waals surface area (Å²) in [7, 11) is 1.92.